The van der Waals surface area contributed by atoms with Crippen LogP contribution in [0, 0.1) is 0 Å². The topological polar surface area (TPSA) is 57.7 Å². The molecule has 152 valence electrons. The molecule has 0 bridgehead atoms. The van der Waals surface area contributed by atoms with Crippen molar-refractivity contribution in [2.45, 2.75) is 64.8 Å². The fourth-order valence-corrected chi connectivity index (χ4v) is 4.43. The van der Waals surface area contributed by atoms with Crippen molar-refractivity contribution in [1.29, 1.82) is 0 Å². The van der Waals surface area contributed by atoms with E-state index in [0.717, 1.165) is 22.9 Å². The Balaban J connectivity index is 1.86. The average Bonchev–Trinajstić information content (AvgIpc) is 3.19. The van der Waals surface area contributed by atoms with Gasteiger partial charge in [-0.1, -0.05) is 59.4 Å². The van der Waals surface area contributed by atoms with Crippen LogP contribution in [0.5, 0.6) is 0 Å². The van der Waals surface area contributed by atoms with Gasteiger partial charge in [-0.25, -0.2) is 0 Å². The number of hydrogen-bond donors (Lipinski definition) is 0. The number of nitrogens with zero attached hydrogens (tertiary/aromatic N) is 2. The van der Waals surface area contributed by atoms with Crippen molar-refractivity contribution >= 4 is 28.8 Å². The normalized spacial score (nSPS) is 21.0. The van der Waals surface area contributed by atoms with Gasteiger partial charge in [0.05, 0.1) is 11.8 Å². The summed E-state index contributed by atoms with van der Waals surface area (Å²) in [5.74, 6) is 0.0520. The largest absolute Gasteiger partial charge is 0.336 e. The first-order valence-electron chi connectivity index (χ1n) is 9.82. The molecule has 1 unspecified atom stereocenters. The average molecular weight is 403 g/mol. The highest BCUT2D eigenvalue weighted by atomic mass is 32.2. The summed E-state index contributed by atoms with van der Waals surface area (Å²) in [7, 11) is 0. The Hall–Kier alpha value is -1.82. The third kappa shape index (κ3) is 4.12. The number of amides is 3. The second kappa shape index (κ2) is 7.21. The molecule has 1 aromatic rings. The first-order chi connectivity index (χ1) is 12.9. The van der Waals surface area contributed by atoms with Crippen molar-refractivity contribution in [1.82, 2.24) is 9.80 Å². The van der Waals surface area contributed by atoms with Gasteiger partial charge in [0.2, 0.25) is 5.91 Å². The van der Waals surface area contributed by atoms with Crippen LogP contribution in [0.15, 0.2) is 18.2 Å². The minimum atomic E-state index is -0.202. The highest BCUT2D eigenvalue weighted by molar-refractivity contribution is 8.14. The number of hydrogen-bond acceptors (Lipinski definition) is 4. The molecule has 0 radical (unpaired) electrons. The monoisotopic (exact) mass is 402 g/mol. The van der Waals surface area contributed by atoms with Gasteiger partial charge in [-0.15, -0.1) is 0 Å². The van der Waals surface area contributed by atoms with Crippen molar-refractivity contribution in [2.75, 3.05) is 18.8 Å². The molecule has 3 amide bonds. The predicted molar refractivity (Wildman–Crippen MR) is 113 cm³/mol. The van der Waals surface area contributed by atoms with Gasteiger partial charge in [-0.3, -0.25) is 19.3 Å². The van der Waals surface area contributed by atoms with Crippen LogP contribution in [-0.4, -0.2) is 51.7 Å². The fraction of sp³-hybridized carbons (Fsp3) is 0.591. The molecule has 28 heavy (non-hydrogen) atoms. The lowest BCUT2D eigenvalue weighted by Gasteiger charge is -2.27. The molecule has 3 rings (SSSR count). The van der Waals surface area contributed by atoms with Gasteiger partial charge >= 0.3 is 0 Å². The van der Waals surface area contributed by atoms with Crippen LogP contribution in [0.1, 0.15) is 69.4 Å². The summed E-state index contributed by atoms with van der Waals surface area (Å²) < 4.78 is 0. The van der Waals surface area contributed by atoms with Gasteiger partial charge in [-0.05, 0) is 40.5 Å². The van der Waals surface area contributed by atoms with Gasteiger partial charge in [0.1, 0.15) is 0 Å². The van der Waals surface area contributed by atoms with Crippen molar-refractivity contribution in [3.8, 4) is 0 Å². The number of thioether (sulfide) groups is 1. The van der Waals surface area contributed by atoms with Crippen LogP contribution in [0.2, 0.25) is 0 Å². The van der Waals surface area contributed by atoms with Crippen molar-refractivity contribution < 1.29 is 14.4 Å². The Kier molecular flexibility index (Phi) is 5.38. The first-order valence-corrected chi connectivity index (χ1v) is 10.8. The molecule has 6 heteroatoms. The molecule has 2 heterocycles. The maximum Gasteiger partial charge on any atom is 0.289 e. The number of imide groups is 1. The highest BCUT2D eigenvalue weighted by Crippen LogP contribution is 2.32. The summed E-state index contributed by atoms with van der Waals surface area (Å²) in [6.45, 7) is 13.9. The van der Waals surface area contributed by atoms with Gasteiger partial charge in [0.15, 0.2) is 0 Å². The van der Waals surface area contributed by atoms with Crippen LogP contribution >= 0.6 is 11.8 Å². The molecule has 0 spiro atoms. The lowest BCUT2D eigenvalue weighted by molar-refractivity contribution is -0.126. The van der Waals surface area contributed by atoms with E-state index < -0.39 is 0 Å². The Labute approximate surface area is 171 Å². The van der Waals surface area contributed by atoms with Gasteiger partial charge in [0, 0.05) is 18.7 Å². The Morgan fingerprint density at radius 2 is 1.57 bits per heavy atom. The molecule has 1 aromatic carbocycles. The van der Waals surface area contributed by atoms with Crippen molar-refractivity contribution in [2.24, 2.45) is 0 Å². The molecular weight excluding hydrogens is 372 g/mol. The molecule has 0 saturated carbocycles. The van der Waals surface area contributed by atoms with Gasteiger partial charge in [-0.2, -0.15) is 0 Å². The standard InChI is InChI=1S/C22H30N2O3S/c1-21(2,3)15-9-14(10-16(11-15)22(4,5)6)19(26)23-8-7-17(12-23)24-18(25)13-28-20(24)27/h9-11,17H,7-8,12-13H2,1-6H3. The molecular formula is C22H30N2O3S. The molecule has 1 atom stereocenters. The number of likely N-dealkylation sites (tertiary alicyclic amines) is 1. The zero-order valence-corrected chi connectivity index (χ0v) is 18.5. The number of carbonyl (C=O) groups excluding carboxylic acids is 3. The summed E-state index contributed by atoms with van der Waals surface area (Å²) in [6, 6.07) is 5.98. The van der Waals surface area contributed by atoms with E-state index in [9.17, 15) is 14.4 Å². The first kappa shape index (κ1) is 20.9. The van der Waals surface area contributed by atoms with Crippen LogP contribution < -0.4 is 0 Å². The highest BCUT2D eigenvalue weighted by Gasteiger charge is 2.40. The van der Waals surface area contributed by atoms with Crippen LogP contribution in [0.25, 0.3) is 0 Å². The van der Waals surface area contributed by atoms with Crippen molar-refractivity contribution in [3.63, 3.8) is 0 Å². The van der Waals surface area contributed by atoms with E-state index in [1.165, 1.54) is 4.90 Å². The Morgan fingerprint density at radius 3 is 2.04 bits per heavy atom. The van der Waals surface area contributed by atoms with E-state index >= 15 is 0 Å². The molecule has 2 aliphatic heterocycles. The van der Waals surface area contributed by atoms with Crippen molar-refractivity contribution in [3.05, 3.63) is 34.9 Å². The third-order valence-electron chi connectivity index (χ3n) is 5.51. The maximum absolute atomic E-state index is 13.3. The SMILES string of the molecule is CC(C)(C)c1cc(C(=O)N2CCC(N3C(=O)CSC3=O)C2)cc(C(C)(C)C)c1. The van der Waals surface area contributed by atoms with Crippen LogP contribution in [0.4, 0.5) is 4.79 Å². The second-order valence-corrected chi connectivity index (χ2v) is 10.7. The quantitative estimate of drug-likeness (QED) is 0.744. The van der Waals surface area contributed by atoms with E-state index in [1.807, 2.05) is 12.1 Å². The minimum Gasteiger partial charge on any atom is -0.336 e. The zero-order chi connectivity index (χ0) is 20.9. The van der Waals surface area contributed by atoms with E-state index in [-0.39, 0.29) is 39.7 Å². The second-order valence-electron chi connectivity index (χ2n) is 9.81. The number of carbonyl (C=O) groups is 3. The molecule has 2 fully saturated rings. The lowest BCUT2D eigenvalue weighted by Crippen LogP contribution is -2.41. The summed E-state index contributed by atoms with van der Waals surface area (Å²) in [4.78, 5) is 40.4. The van der Waals surface area contributed by atoms with Gasteiger partial charge < -0.3 is 4.90 Å². The molecule has 0 N–H and O–H groups in total. The molecule has 0 aromatic heterocycles. The van der Waals surface area contributed by atoms with E-state index in [4.69, 9.17) is 0 Å². The van der Waals surface area contributed by atoms with E-state index in [1.54, 1.807) is 4.90 Å². The summed E-state index contributed by atoms with van der Waals surface area (Å²) >= 11 is 1.05. The molecule has 5 nitrogen and oxygen atoms in total. The number of rotatable bonds is 2. The summed E-state index contributed by atoms with van der Waals surface area (Å²) in [6.07, 6.45) is 0.648. The van der Waals surface area contributed by atoms with Gasteiger partial charge in [0.25, 0.3) is 11.1 Å². The molecule has 2 saturated heterocycles. The lowest BCUT2D eigenvalue weighted by atomic mass is 9.79. The van der Waals surface area contributed by atoms with Crippen LogP contribution in [-0.2, 0) is 15.6 Å². The fourth-order valence-electron chi connectivity index (χ4n) is 3.65. The molecule has 2 aliphatic rings. The maximum atomic E-state index is 13.3. The summed E-state index contributed by atoms with van der Waals surface area (Å²) in [5, 5.41) is -0.186. The smallest absolute Gasteiger partial charge is 0.289 e. The van der Waals surface area contributed by atoms with E-state index in [2.05, 4.69) is 47.6 Å². The summed E-state index contributed by atoms with van der Waals surface area (Å²) in [5.41, 5.74) is 2.84. The Morgan fingerprint density at radius 1 is 1.00 bits per heavy atom. The Bertz CT molecular complexity index is 772. The molecule has 0 aliphatic carbocycles. The van der Waals surface area contributed by atoms with E-state index in [0.29, 0.717) is 25.1 Å². The third-order valence-corrected chi connectivity index (χ3v) is 6.35. The minimum absolute atomic E-state index is 0.0224. The zero-order valence-electron chi connectivity index (χ0n) is 17.7. The number of benzene rings is 1. The predicted octanol–water partition coefficient (Wildman–Crippen LogP) is 4.19. The van der Waals surface area contributed by atoms with Crippen LogP contribution in [0.3, 0.4) is 0 Å².